The zero-order valence-corrected chi connectivity index (χ0v) is 16.8. The number of hydrogen-bond acceptors (Lipinski definition) is 5. The summed E-state index contributed by atoms with van der Waals surface area (Å²) in [5, 5.41) is 3.59. The third kappa shape index (κ3) is 2.77. The molecule has 0 radical (unpaired) electrons. The topological polar surface area (TPSA) is 81.9 Å². The van der Waals surface area contributed by atoms with Crippen LogP contribution in [0.1, 0.15) is 47.3 Å². The zero-order chi connectivity index (χ0) is 20.1. The summed E-state index contributed by atoms with van der Waals surface area (Å²) in [6.07, 6.45) is 1.76. The van der Waals surface area contributed by atoms with Crippen LogP contribution in [0.4, 0.5) is 0 Å². The molecule has 0 saturated heterocycles. The average Bonchev–Trinajstić information content (AvgIpc) is 2.99. The van der Waals surface area contributed by atoms with Crippen molar-refractivity contribution in [1.82, 2.24) is 14.8 Å². The predicted octanol–water partition coefficient (Wildman–Crippen LogP) is 3.70. The fourth-order valence-corrected chi connectivity index (χ4v) is 6.31. The van der Waals surface area contributed by atoms with Gasteiger partial charge < -0.3 is 0 Å². The van der Waals surface area contributed by atoms with Gasteiger partial charge in [0.2, 0.25) is 0 Å². The molecule has 4 rings (SSSR count). The number of benzene rings is 1. The molecule has 1 aromatic carbocycles. The highest BCUT2D eigenvalue weighted by molar-refractivity contribution is 7.91. The van der Waals surface area contributed by atoms with E-state index < -0.39 is 20.5 Å². The Balaban J connectivity index is 2.04. The van der Waals surface area contributed by atoms with E-state index in [1.165, 1.54) is 4.68 Å². The number of fused-ring (bicyclic) bond motifs is 1. The summed E-state index contributed by atoms with van der Waals surface area (Å²) in [5.41, 5.74) is 0.530. The third-order valence-electron chi connectivity index (χ3n) is 5.20. The van der Waals surface area contributed by atoms with E-state index in [1.54, 1.807) is 55.6 Å². The van der Waals surface area contributed by atoms with Gasteiger partial charge in [-0.05, 0) is 36.6 Å². The first kappa shape index (κ1) is 18.6. The Bertz CT molecular complexity index is 1150. The molecule has 0 bridgehead atoms. The maximum Gasteiger partial charge on any atom is 0.187 e. The smallest absolute Gasteiger partial charge is 0.187 e. The van der Waals surface area contributed by atoms with Crippen LogP contribution in [0.15, 0.2) is 59.6 Å². The number of hydrogen-bond donors (Lipinski definition) is 0. The molecule has 1 atom stereocenters. The largest absolute Gasteiger partial charge is 0.294 e. The normalized spacial score (nSPS) is 18.7. The quantitative estimate of drug-likeness (QED) is 0.675. The van der Waals surface area contributed by atoms with Gasteiger partial charge in [0, 0.05) is 12.6 Å². The maximum atomic E-state index is 13.7. The number of carbonyl (C=O) groups is 1. The molecule has 2 aromatic heterocycles. The van der Waals surface area contributed by atoms with Crippen LogP contribution in [0.2, 0.25) is 0 Å². The first-order valence-electron chi connectivity index (χ1n) is 9.06. The second-order valence-electron chi connectivity index (χ2n) is 7.77. The summed E-state index contributed by atoms with van der Waals surface area (Å²) in [6.45, 7) is 5.38. The molecular weight excluding hydrogens is 374 g/mol. The minimum absolute atomic E-state index is 0.0841. The van der Waals surface area contributed by atoms with Crippen LogP contribution in [-0.4, -0.2) is 29.0 Å². The van der Waals surface area contributed by atoms with Crippen LogP contribution < -0.4 is 0 Å². The Morgan fingerprint density at radius 1 is 1.07 bits per heavy atom. The number of pyridine rings is 1. The summed E-state index contributed by atoms with van der Waals surface area (Å²) in [6, 6.07) is 13.7. The lowest BCUT2D eigenvalue weighted by Crippen LogP contribution is -2.38. The molecule has 0 amide bonds. The highest BCUT2D eigenvalue weighted by Gasteiger charge is 2.51. The van der Waals surface area contributed by atoms with Crippen LogP contribution in [0.25, 0.3) is 5.82 Å². The van der Waals surface area contributed by atoms with Gasteiger partial charge in [-0.25, -0.2) is 18.1 Å². The van der Waals surface area contributed by atoms with E-state index in [1.807, 2.05) is 19.9 Å². The molecule has 28 heavy (non-hydrogen) atoms. The lowest BCUT2D eigenvalue weighted by molar-refractivity contribution is 0.0905. The van der Waals surface area contributed by atoms with Gasteiger partial charge in [0.05, 0.1) is 21.8 Å². The molecular formula is C21H21N3O3S. The summed E-state index contributed by atoms with van der Waals surface area (Å²) in [7, 11) is -3.76. The van der Waals surface area contributed by atoms with Crippen LogP contribution in [0.5, 0.6) is 0 Å². The van der Waals surface area contributed by atoms with Gasteiger partial charge in [-0.3, -0.25) is 4.79 Å². The van der Waals surface area contributed by atoms with Crippen molar-refractivity contribution in [2.75, 3.05) is 0 Å². The van der Waals surface area contributed by atoms with Crippen molar-refractivity contribution < 1.29 is 13.2 Å². The molecule has 1 unspecified atom stereocenters. The maximum absolute atomic E-state index is 13.7. The average molecular weight is 395 g/mol. The van der Waals surface area contributed by atoms with Gasteiger partial charge >= 0.3 is 0 Å². The monoisotopic (exact) mass is 395 g/mol. The number of carbonyl (C=O) groups excluding carboxylic acids is 1. The Hall–Kier alpha value is -2.80. The number of nitrogens with zero attached hydrogens (tertiary/aromatic N) is 3. The molecule has 0 aliphatic heterocycles. The number of aromatic nitrogens is 3. The van der Waals surface area contributed by atoms with Crippen LogP contribution in [0, 0.1) is 12.3 Å². The SMILES string of the molecule is Cc1nn(-c2ccccn2)c2c1C(=O)CC(C)(C)C2S(=O)(=O)c1ccccc1. The van der Waals surface area contributed by atoms with Crippen molar-refractivity contribution >= 4 is 15.6 Å². The number of aryl methyl sites for hydroxylation is 1. The summed E-state index contributed by atoms with van der Waals surface area (Å²) in [4.78, 5) is 17.5. The van der Waals surface area contributed by atoms with E-state index >= 15 is 0 Å². The van der Waals surface area contributed by atoms with E-state index in [0.717, 1.165) is 0 Å². The molecule has 2 heterocycles. The molecule has 0 saturated carbocycles. The van der Waals surface area contributed by atoms with Gasteiger partial charge in [0.15, 0.2) is 21.4 Å². The van der Waals surface area contributed by atoms with Crippen molar-refractivity contribution in [3.63, 3.8) is 0 Å². The molecule has 0 spiro atoms. The second-order valence-corrected chi connectivity index (χ2v) is 9.80. The summed E-state index contributed by atoms with van der Waals surface area (Å²) in [5.74, 6) is 0.407. The van der Waals surface area contributed by atoms with Crippen molar-refractivity contribution in [2.45, 2.75) is 37.3 Å². The Kier molecular flexibility index (Phi) is 4.23. The van der Waals surface area contributed by atoms with Crippen molar-refractivity contribution in [2.24, 2.45) is 5.41 Å². The Labute approximate surface area is 164 Å². The van der Waals surface area contributed by atoms with Crippen molar-refractivity contribution in [3.8, 4) is 5.82 Å². The van der Waals surface area contributed by atoms with E-state index in [-0.39, 0.29) is 17.1 Å². The molecule has 7 heteroatoms. The van der Waals surface area contributed by atoms with E-state index in [9.17, 15) is 13.2 Å². The fraction of sp³-hybridized carbons (Fsp3) is 0.286. The first-order chi connectivity index (χ1) is 13.2. The van der Waals surface area contributed by atoms with Gasteiger partial charge in [-0.15, -0.1) is 0 Å². The van der Waals surface area contributed by atoms with Crippen LogP contribution >= 0.6 is 0 Å². The number of rotatable bonds is 3. The molecule has 6 nitrogen and oxygen atoms in total. The lowest BCUT2D eigenvalue weighted by atomic mass is 9.75. The molecule has 144 valence electrons. The third-order valence-corrected chi connectivity index (χ3v) is 7.61. The Morgan fingerprint density at radius 2 is 1.75 bits per heavy atom. The molecule has 1 aliphatic carbocycles. The van der Waals surface area contributed by atoms with Crippen LogP contribution in [-0.2, 0) is 9.84 Å². The molecule has 3 aromatic rings. The number of Topliss-reactive ketones (excluding diaryl/α,β-unsaturated/α-hetero) is 1. The van der Waals surface area contributed by atoms with Gasteiger partial charge in [0.25, 0.3) is 0 Å². The minimum Gasteiger partial charge on any atom is -0.294 e. The first-order valence-corrected chi connectivity index (χ1v) is 10.6. The number of sulfone groups is 1. The molecule has 0 fully saturated rings. The van der Waals surface area contributed by atoms with E-state index in [0.29, 0.717) is 22.8 Å². The number of ketones is 1. The van der Waals surface area contributed by atoms with Gasteiger partial charge in [0.1, 0.15) is 5.25 Å². The van der Waals surface area contributed by atoms with E-state index in [4.69, 9.17) is 0 Å². The standard InChI is InChI=1S/C21H21N3O3S/c1-14-18-16(25)13-21(2,3)20(28(26,27)15-9-5-4-6-10-15)19(18)24(23-14)17-11-7-8-12-22-17/h4-12,20H,13H2,1-3H3. The second kappa shape index (κ2) is 6.38. The van der Waals surface area contributed by atoms with E-state index in [2.05, 4.69) is 10.1 Å². The van der Waals surface area contributed by atoms with Crippen LogP contribution in [0.3, 0.4) is 0 Å². The predicted molar refractivity (Wildman–Crippen MR) is 105 cm³/mol. The zero-order valence-electron chi connectivity index (χ0n) is 16.0. The van der Waals surface area contributed by atoms with Gasteiger partial charge in [-0.1, -0.05) is 38.1 Å². The van der Waals surface area contributed by atoms with Crippen molar-refractivity contribution in [1.29, 1.82) is 0 Å². The van der Waals surface area contributed by atoms with Gasteiger partial charge in [-0.2, -0.15) is 5.10 Å². The summed E-state index contributed by atoms with van der Waals surface area (Å²) < 4.78 is 28.9. The minimum atomic E-state index is -3.76. The molecule has 0 N–H and O–H groups in total. The lowest BCUT2D eigenvalue weighted by Gasteiger charge is -2.37. The Morgan fingerprint density at radius 3 is 2.39 bits per heavy atom. The molecule has 1 aliphatic rings. The van der Waals surface area contributed by atoms with Crippen molar-refractivity contribution in [3.05, 3.63) is 71.7 Å². The summed E-state index contributed by atoms with van der Waals surface area (Å²) >= 11 is 0. The highest BCUT2D eigenvalue weighted by atomic mass is 32.2. The fourth-order valence-electron chi connectivity index (χ4n) is 4.06. The highest BCUT2D eigenvalue weighted by Crippen LogP contribution is 2.51.